The Kier molecular flexibility index (Phi) is 13.5. The molecule has 0 bridgehead atoms. The molecule has 0 spiro atoms. The minimum Gasteiger partial charge on any atom is -0.497 e. The van der Waals surface area contributed by atoms with Crippen LogP contribution in [0.4, 0.5) is 0 Å². The van der Waals surface area contributed by atoms with E-state index in [0.717, 1.165) is 56.3 Å². The van der Waals surface area contributed by atoms with Gasteiger partial charge in [-0.05, 0) is 148 Å². The fourth-order valence-corrected chi connectivity index (χ4v) is 9.60. The van der Waals surface area contributed by atoms with E-state index in [-0.39, 0.29) is 0 Å². The number of hydrogen-bond acceptors (Lipinski definition) is 6. The Morgan fingerprint density at radius 3 is 1.09 bits per heavy atom. The lowest BCUT2D eigenvalue weighted by Gasteiger charge is -2.57. The highest BCUT2D eigenvalue weighted by Crippen LogP contribution is 2.68. The van der Waals surface area contributed by atoms with Gasteiger partial charge in [-0.2, -0.15) is 0 Å². The Bertz CT molecular complexity index is 2820. The molecule has 7 aromatic carbocycles. The second-order valence-corrected chi connectivity index (χ2v) is 17.8. The topological polar surface area (TPSA) is 61.6 Å². The van der Waals surface area contributed by atoms with Crippen molar-refractivity contribution in [1.29, 1.82) is 0 Å². The van der Waals surface area contributed by atoms with Crippen LogP contribution in [-0.4, -0.2) is 39.9 Å². The van der Waals surface area contributed by atoms with Crippen molar-refractivity contribution < 1.29 is 18.9 Å². The summed E-state index contributed by atoms with van der Waals surface area (Å²) in [6, 6.07) is 56.5. The van der Waals surface area contributed by atoms with E-state index in [1.165, 1.54) is 0 Å². The molecule has 0 atom stereocenters. The number of allylic oxidation sites excluding steroid dienone is 5. The van der Waals surface area contributed by atoms with E-state index in [4.69, 9.17) is 75.3 Å². The largest absolute Gasteiger partial charge is 0.497 e. The average Bonchev–Trinajstić information content (AvgIpc) is 3.38. The third kappa shape index (κ3) is 8.54. The Hall–Kier alpha value is -6.80. The number of rotatable bonds is 13. The van der Waals surface area contributed by atoms with Gasteiger partial charge in [0.15, 0.2) is 16.9 Å². The maximum absolute atomic E-state index is 6.59. The maximum Gasteiger partial charge on any atom is 0.216 e. The van der Waals surface area contributed by atoms with Crippen molar-refractivity contribution >= 4 is 63.5 Å². The van der Waals surface area contributed by atoms with Crippen molar-refractivity contribution in [2.45, 2.75) is 10.8 Å². The van der Waals surface area contributed by atoms with Crippen LogP contribution in [0.5, 0.6) is 23.0 Å². The molecule has 0 aromatic heterocycles. The number of halogens is 4. The lowest BCUT2D eigenvalue weighted by molar-refractivity contribution is 0.408. The first-order valence-corrected chi connectivity index (χ1v) is 23.2. The molecular formula is C58H44Cl4N2O4. The van der Waals surface area contributed by atoms with Gasteiger partial charge in [0.1, 0.15) is 23.0 Å². The van der Waals surface area contributed by atoms with Crippen molar-refractivity contribution in [3.63, 3.8) is 0 Å². The third-order valence-electron chi connectivity index (χ3n) is 12.4. The minimum atomic E-state index is -1.20. The molecule has 2 aliphatic carbocycles. The zero-order valence-electron chi connectivity index (χ0n) is 37.5. The van der Waals surface area contributed by atoms with Gasteiger partial charge in [0, 0.05) is 15.1 Å². The Balaban J connectivity index is 1.52. The minimum absolute atomic E-state index is 0.596. The number of hydrogen-bond donors (Lipinski definition) is 0. The van der Waals surface area contributed by atoms with E-state index >= 15 is 0 Å². The van der Waals surface area contributed by atoms with Gasteiger partial charge in [0.2, 0.25) is 5.71 Å². The quantitative estimate of drug-likeness (QED) is 0.0853. The lowest BCUT2D eigenvalue weighted by Crippen LogP contribution is -2.70. The van der Waals surface area contributed by atoms with Crippen LogP contribution in [0.2, 0.25) is 15.1 Å². The van der Waals surface area contributed by atoms with Gasteiger partial charge < -0.3 is 18.9 Å². The fourth-order valence-electron chi connectivity index (χ4n) is 9.10. The van der Waals surface area contributed by atoms with E-state index in [1.54, 1.807) is 28.4 Å². The van der Waals surface area contributed by atoms with E-state index in [2.05, 4.69) is 48.5 Å². The Labute approximate surface area is 417 Å². The maximum atomic E-state index is 6.59. The molecule has 2 aliphatic rings. The number of methoxy groups -OCH3 is 4. The fraction of sp³-hybridized carbons (Fsp3) is 0.103. The van der Waals surface area contributed by atoms with Gasteiger partial charge in [-0.1, -0.05) is 100 Å². The number of aliphatic imine (C=N–C) groups is 2. The third-order valence-corrected chi connectivity index (χ3v) is 13.4. The molecule has 0 aliphatic heterocycles. The summed E-state index contributed by atoms with van der Waals surface area (Å²) in [6.07, 6.45) is 7.73. The Morgan fingerprint density at radius 2 is 0.779 bits per heavy atom. The molecule has 6 nitrogen and oxygen atoms in total. The molecule has 10 heteroatoms. The smallest absolute Gasteiger partial charge is 0.216 e. The summed E-state index contributed by atoms with van der Waals surface area (Å²) in [6.45, 7) is 0. The molecule has 0 heterocycles. The summed E-state index contributed by atoms with van der Waals surface area (Å²) in [5, 5.41) is 2.39. The van der Waals surface area contributed by atoms with Crippen LogP contribution in [-0.2, 0) is 10.8 Å². The number of benzene rings is 7. The van der Waals surface area contributed by atoms with Crippen LogP contribution in [0.25, 0.3) is 5.70 Å². The molecule has 1 saturated carbocycles. The highest BCUT2D eigenvalue weighted by atomic mass is 35.5. The second kappa shape index (κ2) is 19.8. The molecular weight excluding hydrogens is 930 g/mol. The summed E-state index contributed by atoms with van der Waals surface area (Å²) >= 11 is 26.3. The molecule has 338 valence electrons. The summed E-state index contributed by atoms with van der Waals surface area (Å²) < 4.78 is 23.2. The number of nitrogens with zero attached hydrogens (tertiary/aromatic N) is 2. The van der Waals surface area contributed by atoms with Crippen LogP contribution in [0, 0.1) is 12.5 Å². The van der Waals surface area contributed by atoms with E-state index in [0.29, 0.717) is 54.5 Å². The van der Waals surface area contributed by atoms with Crippen molar-refractivity contribution in [1.82, 2.24) is 0 Å². The summed E-state index contributed by atoms with van der Waals surface area (Å²) in [5.41, 5.74) is 6.60. The van der Waals surface area contributed by atoms with Crippen LogP contribution < -0.4 is 18.9 Å². The predicted octanol–water partition coefficient (Wildman–Crippen LogP) is 14.8. The van der Waals surface area contributed by atoms with Gasteiger partial charge in [-0.3, -0.25) is 4.99 Å². The lowest BCUT2D eigenvalue weighted by atomic mass is 9.39. The van der Waals surface area contributed by atoms with Crippen molar-refractivity contribution in [3.8, 4) is 23.0 Å². The standard InChI is InChI=1S/C58H44Cl4N2O4/c1-65-49-29-13-41(14-30-49)57(42-15-31-50(66-2)32-16-42)55(63-53(37-5-21-45(59)22-6-37)38-7-23-46(60)24-8-38)58(43-17-33-51(67-3)34-18-43,44-19-35-52(68-4)36-20-44)56(57)64-54(39-9-25-47(61)26-10-39)40-11-27-48(62)28-12-40/h5-36H,1-4H3. The summed E-state index contributed by atoms with van der Waals surface area (Å²) in [4.78, 5) is 12.2. The normalized spacial score (nSPS) is 15.3. The zero-order valence-corrected chi connectivity index (χ0v) is 40.5. The molecule has 9 rings (SSSR count). The monoisotopic (exact) mass is 972 g/mol. The highest BCUT2D eigenvalue weighted by molar-refractivity contribution is 6.32. The SMILES string of the molecule is COc1ccc(C2(c3ccc(OC)cc3)C(=N/C(=C3\C=CC(Cl)=C[CH-]3)c3ccc(Cl)cc3)C(c3ccc(OC)cc3)(c3ccc(OC)cc3)[C+]2N=C(c2ccc(Cl)cc2)c2ccc(Cl)cc2)cc1. The Morgan fingerprint density at radius 1 is 0.441 bits per heavy atom. The number of ether oxygens (including phenoxy) is 4. The van der Waals surface area contributed by atoms with Crippen LogP contribution in [0.3, 0.4) is 0 Å². The molecule has 0 amide bonds. The van der Waals surface area contributed by atoms with Gasteiger partial charge in [-0.25, -0.2) is 0 Å². The van der Waals surface area contributed by atoms with Crippen molar-refractivity contribution in [2.24, 2.45) is 9.98 Å². The molecule has 0 radical (unpaired) electrons. The molecule has 0 N–H and O–H groups in total. The summed E-state index contributed by atoms with van der Waals surface area (Å²) in [7, 11) is 6.65. The van der Waals surface area contributed by atoms with E-state index in [1.807, 2.05) is 146 Å². The van der Waals surface area contributed by atoms with E-state index < -0.39 is 10.8 Å². The van der Waals surface area contributed by atoms with Crippen LogP contribution in [0.15, 0.2) is 209 Å². The second-order valence-electron chi connectivity index (χ2n) is 16.1. The average molecular weight is 975 g/mol. The molecule has 0 saturated heterocycles. The van der Waals surface area contributed by atoms with Crippen LogP contribution in [0.1, 0.15) is 38.9 Å². The molecule has 68 heavy (non-hydrogen) atoms. The first-order chi connectivity index (χ1) is 33.1. The zero-order chi connectivity index (χ0) is 47.4. The first-order valence-electron chi connectivity index (χ1n) is 21.7. The van der Waals surface area contributed by atoms with Gasteiger partial charge >= 0.3 is 0 Å². The molecule has 7 aromatic rings. The van der Waals surface area contributed by atoms with Gasteiger partial charge in [0.25, 0.3) is 0 Å². The molecule has 0 unspecified atom stereocenters. The van der Waals surface area contributed by atoms with E-state index in [9.17, 15) is 0 Å². The predicted molar refractivity (Wildman–Crippen MR) is 279 cm³/mol. The van der Waals surface area contributed by atoms with Crippen LogP contribution >= 0.6 is 46.4 Å². The van der Waals surface area contributed by atoms with Crippen molar-refractivity contribution in [2.75, 3.05) is 28.4 Å². The highest BCUT2D eigenvalue weighted by Gasteiger charge is 2.79. The van der Waals surface area contributed by atoms with Gasteiger partial charge in [0.05, 0.1) is 45.3 Å². The van der Waals surface area contributed by atoms with Gasteiger partial charge in [-0.15, -0.1) is 41.8 Å². The van der Waals surface area contributed by atoms with Crippen molar-refractivity contribution in [3.05, 3.63) is 265 Å². The first kappa shape index (κ1) is 46.3. The summed E-state index contributed by atoms with van der Waals surface area (Å²) in [5.74, 6) is 2.76. The molecule has 1 fully saturated rings.